The van der Waals surface area contributed by atoms with Gasteiger partial charge in [0.2, 0.25) is 76.8 Å². The van der Waals surface area contributed by atoms with Crippen molar-refractivity contribution in [2.75, 3.05) is 70.4 Å². The molecule has 51 nitrogen and oxygen atoms in total. The molecule has 0 spiro atoms. The van der Waals surface area contributed by atoms with E-state index in [1.54, 1.807) is 24.3 Å². The molecule has 1 aliphatic heterocycles. The lowest BCUT2D eigenvalue weighted by molar-refractivity contribution is -0.142. The molecule has 0 aromatic heterocycles. The smallest absolute Gasteiger partial charge is 0.326 e. The van der Waals surface area contributed by atoms with Crippen LogP contribution in [0.5, 0.6) is 11.5 Å². The van der Waals surface area contributed by atoms with Gasteiger partial charge in [0.05, 0.1) is 6.04 Å². The second kappa shape index (κ2) is 64.1. The third kappa shape index (κ3) is 44.9. The Morgan fingerprint density at radius 2 is 0.636 bits per heavy atom. The van der Waals surface area contributed by atoms with E-state index >= 15 is 28.8 Å². The number of amides is 19. The summed E-state index contributed by atoms with van der Waals surface area (Å²) in [6.45, 7) is 0.115. The fourth-order valence-corrected chi connectivity index (χ4v) is 15.8. The van der Waals surface area contributed by atoms with Gasteiger partial charge >= 0.3 is 24.1 Å². The number of fused-ring (bicyclic) bond motifs is 1. The van der Waals surface area contributed by atoms with Crippen LogP contribution in [0.25, 0.3) is 10.8 Å². The Morgan fingerprint density at radius 3 is 1.01 bits per heavy atom. The molecule has 1 fully saturated rings. The summed E-state index contributed by atoms with van der Waals surface area (Å²) in [5.74, 6) is -16.0. The average molecular weight is 2040 g/mol. The predicted octanol–water partition coefficient (Wildman–Crippen LogP) is -6.25. The van der Waals surface area contributed by atoms with Crippen molar-refractivity contribution in [2.45, 2.75) is 232 Å². The van der Waals surface area contributed by atoms with Gasteiger partial charge in [-0.3, -0.25) is 78.6 Å². The Morgan fingerprint density at radius 1 is 0.343 bits per heavy atom. The van der Waals surface area contributed by atoms with Gasteiger partial charge in [0.1, 0.15) is 90.0 Å². The second-order valence-electron chi connectivity index (χ2n) is 34.2. The Hall–Kier alpha value is -14.5. The second-order valence-corrected chi connectivity index (χ2v) is 34.9. The van der Waals surface area contributed by atoms with E-state index in [9.17, 15) is 68.1 Å². The van der Waals surface area contributed by atoms with E-state index in [2.05, 4.69) is 121 Å². The fraction of sp³-hybridized carbons (Fsp3) is 0.533. The number of phenols is 2. The SMILES string of the molecule is N=C(N)NCCC[C@H](NC(=O)[C@H](CS)NC(=O)[C@H](CCCNC(N)=O)NC(=O)[C@H](CCCNC(=N)N)NC(=O)[C@H](Cc1ccc(O)cc1)NC(=O)[C@@H]1CCCN1C(=O)[C@@H](CCCCN)NC(=O)[C@H](CCCCN)NC(=O)[C@H](CCCNC(N)=O)NC(=O)[C@H](Cc1ccc(O)cc1)NC(=O)[C@H](CS)NC(=O)[C@H](Cc1ccc2ccccc2c1)NC(=O)[C@H](CCCNC(=N)N)NC(=O)[C@@H](N)CCCNC(N)=O)C(=O)O. The molecule has 1 heterocycles. The average Bonchev–Trinajstić information content (AvgIpc) is 1.45. The number of likely N-dealkylation sites (tertiary alicyclic amines) is 1. The Balaban J connectivity index is 1.47. The van der Waals surface area contributed by atoms with Gasteiger partial charge in [0.15, 0.2) is 17.9 Å². The number of thiol groups is 2. The number of rotatable bonds is 66. The molecule has 0 aliphatic carbocycles. The number of benzene rings is 4. The molecule has 0 saturated carbocycles. The van der Waals surface area contributed by atoms with Gasteiger partial charge < -0.3 is 168 Å². The van der Waals surface area contributed by atoms with Crippen LogP contribution in [0.1, 0.15) is 145 Å². The molecule has 4 aromatic rings. The number of nitrogens with two attached hydrogens (primary N) is 9. The fourth-order valence-electron chi connectivity index (χ4n) is 15.3. The van der Waals surface area contributed by atoms with Crippen LogP contribution >= 0.6 is 25.3 Å². The van der Waals surface area contributed by atoms with Crippen LogP contribution in [0.4, 0.5) is 14.4 Å². The standard InChI is InChI=1S/C90H141N31O20S2/c91-35-5-3-17-58(110-72(125)61(21-10-41-107-89(101)140)112-77(130)65(45-50-26-31-55(122)32-27-50)117-81(134)69(49-143)120-79(132)67(47-52-25-30-53-14-1-2-15-54(53)44-52)116-75(128)59(19-8-37-103-85(94)95)109-71(124)57(93)16-7-40-106-88(100)139)74(127)114-63(18-4-6-36-92)83(136)121-43-13-24-70(121)82(135)118-66(46-51-28-33-56(123)34-29-51)78(131)113-60(20-9-38-104-86(96)97)73(126)111-62(22-11-42-108-90(102)141)76(129)119-68(48-142)80(133)115-64(84(137)138)23-12-39-105-87(98)99/h1-2,14-15,25-34,44,57-70,122-123,142-143H,3-13,16-24,35-43,45-49,91-93H2,(H,109,124)(H,110,125)(H,111,126)(H,112,130)(H,113,131)(H,114,127)(H,115,133)(H,116,128)(H,117,134)(H,118,135)(H,119,129)(H,120,132)(H,137,138)(H4,94,95,103)(H4,96,97,104)(H4,98,99,105)(H3,100,106,139)(H3,101,107,140)(H3,102,108,141)/t57-,58-,59-,60-,61-,62-,63+,64-,65-,66-,67-,68-,69-,70-/m0/s1. The summed E-state index contributed by atoms with van der Waals surface area (Å²) in [7, 11) is 0. The molecule has 788 valence electrons. The Bertz CT molecular complexity index is 4940. The summed E-state index contributed by atoms with van der Waals surface area (Å²) in [5, 5.41) is 102. The van der Waals surface area contributed by atoms with Crippen molar-refractivity contribution >= 4 is 155 Å². The molecule has 19 amide bonds. The third-order valence-corrected chi connectivity index (χ3v) is 23.6. The number of primary amides is 3. The highest BCUT2D eigenvalue weighted by molar-refractivity contribution is 7.80. The van der Waals surface area contributed by atoms with Crippen LogP contribution in [0, 0.1) is 16.2 Å². The molecule has 0 radical (unpaired) electrons. The van der Waals surface area contributed by atoms with Crippen molar-refractivity contribution in [3.8, 4) is 11.5 Å². The van der Waals surface area contributed by atoms with Crippen molar-refractivity contribution < 1.29 is 96.8 Å². The molecule has 4 aromatic carbocycles. The monoisotopic (exact) mass is 2040 g/mol. The summed E-state index contributed by atoms with van der Waals surface area (Å²) in [5.41, 5.74) is 51.8. The maximum absolute atomic E-state index is 15.4. The van der Waals surface area contributed by atoms with E-state index in [4.69, 9.17) is 67.8 Å². The first-order valence-corrected chi connectivity index (χ1v) is 48.3. The first kappa shape index (κ1) is 119. The minimum Gasteiger partial charge on any atom is -0.508 e. The van der Waals surface area contributed by atoms with Crippen molar-refractivity contribution in [1.29, 1.82) is 16.2 Å². The van der Waals surface area contributed by atoms with E-state index in [-0.39, 0.29) is 217 Å². The number of hydrogen-bond acceptors (Lipinski definition) is 27. The summed E-state index contributed by atoms with van der Waals surface area (Å²) in [6.07, 6.45) is -0.453. The number of nitrogens with one attached hydrogen (secondary N) is 21. The zero-order valence-corrected chi connectivity index (χ0v) is 81.4. The zero-order valence-electron chi connectivity index (χ0n) is 79.6. The predicted molar refractivity (Wildman–Crippen MR) is 536 cm³/mol. The number of unbranched alkanes of at least 4 members (excludes halogenated alkanes) is 2. The molecule has 1 aliphatic rings. The van der Waals surface area contributed by atoms with Crippen molar-refractivity contribution in [1.82, 2.24) is 101 Å². The first-order chi connectivity index (χ1) is 68.1. The van der Waals surface area contributed by atoms with Gasteiger partial charge in [-0.05, 0) is 193 Å². The maximum Gasteiger partial charge on any atom is 0.326 e. The van der Waals surface area contributed by atoms with Gasteiger partial charge in [-0.25, -0.2) is 19.2 Å². The van der Waals surface area contributed by atoms with Crippen molar-refractivity contribution in [3.63, 3.8) is 0 Å². The van der Waals surface area contributed by atoms with Crippen LogP contribution in [-0.2, 0) is 86.4 Å². The Kier molecular flexibility index (Phi) is 53.3. The van der Waals surface area contributed by atoms with Gasteiger partial charge in [0.25, 0.3) is 0 Å². The Labute approximate surface area is 837 Å². The lowest BCUT2D eigenvalue weighted by Crippen LogP contribution is -2.61. The number of hydrogen-bond donors (Lipinski definition) is 35. The normalized spacial score (nSPS) is 14.8. The number of carbonyl (C=O) groups excluding carboxylic acids is 16. The highest BCUT2D eigenvalue weighted by Crippen LogP contribution is 2.24. The number of carboxylic acid groups (broad SMARTS) is 1. The van der Waals surface area contributed by atoms with Gasteiger partial charge in [0, 0.05) is 76.6 Å². The molecule has 0 bridgehead atoms. The topological polar surface area (TPSA) is 876 Å². The zero-order chi connectivity index (χ0) is 106. The highest BCUT2D eigenvalue weighted by atomic mass is 32.1. The summed E-state index contributed by atoms with van der Waals surface area (Å²) < 4.78 is 0. The van der Waals surface area contributed by atoms with Crippen molar-refractivity contribution in [3.05, 3.63) is 108 Å². The molecule has 53 heteroatoms. The summed E-state index contributed by atoms with van der Waals surface area (Å²) in [4.78, 5) is 241. The van der Waals surface area contributed by atoms with Crippen LogP contribution in [0.2, 0.25) is 0 Å². The minimum absolute atomic E-state index is 0.00575. The maximum atomic E-state index is 15.4. The molecule has 1 saturated heterocycles. The van der Waals surface area contributed by atoms with Gasteiger partial charge in [-0.1, -0.05) is 66.7 Å². The van der Waals surface area contributed by atoms with E-state index < -0.39 is 203 Å². The van der Waals surface area contributed by atoms with Crippen LogP contribution in [-0.4, -0.2) is 294 Å². The van der Waals surface area contributed by atoms with E-state index in [1.165, 1.54) is 53.4 Å². The van der Waals surface area contributed by atoms with Crippen LogP contribution < -0.4 is 147 Å². The number of carboxylic acids is 1. The van der Waals surface area contributed by atoms with E-state index in [1.807, 2.05) is 18.2 Å². The molecule has 0 unspecified atom stereocenters. The lowest BCUT2D eigenvalue weighted by atomic mass is 10.00. The van der Waals surface area contributed by atoms with Crippen LogP contribution in [0.15, 0.2) is 91.0 Å². The number of aromatic hydroxyl groups is 2. The number of carbonyl (C=O) groups is 17. The molecule has 143 heavy (non-hydrogen) atoms. The van der Waals surface area contributed by atoms with E-state index in [0.29, 0.717) is 29.5 Å². The molecular formula is C90H141N31O20S2. The largest absolute Gasteiger partial charge is 0.508 e. The number of aliphatic carboxylic acids is 1. The highest BCUT2D eigenvalue weighted by Gasteiger charge is 2.42. The molecule has 14 atom stereocenters. The third-order valence-electron chi connectivity index (χ3n) is 22.9. The molecule has 42 N–H and O–H groups in total. The van der Waals surface area contributed by atoms with Gasteiger partial charge in [-0.2, -0.15) is 25.3 Å². The lowest BCUT2D eigenvalue weighted by Gasteiger charge is -2.31. The van der Waals surface area contributed by atoms with E-state index in [0.717, 1.165) is 10.8 Å². The first-order valence-electron chi connectivity index (χ1n) is 47.1. The number of phenolic OH excluding ortho intramolecular Hbond substituents is 2. The number of guanidine groups is 3. The van der Waals surface area contributed by atoms with Crippen LogP contribution in [0.3, 0.4) is 0 Å². The van der Waals surface area contributed by atoms with Crippen molar-refractivity contribution in [2.24, 2.45) is 51.6 Å². The number of nitrogens with zero attached hydrogens (tertiary/aromatic N) is 1. The minimum atomic E-state index is -1.66. The summed E-state index contributed by atoms with van der Waals surface area (Å²) in [6, 6.07) is -0.125. The molecule has 5 rings (SSSR count). The quantitative estimate of drug-likeness (QED) is 0.00846. The van der Waals surface area contributed by atoms with Gasteiger partial charge in [-0.15, -0.1) is 0 Å². The molecular weight excluding hydrogens is 1900 g/mol. The summed E-state index contributed by atoms with van der Waals surface area (Å²) >= 11 is 8.67. The number of urea groups is 3.